The zero-order chi connectivity index (χ0) is 16.8. The highest BCUT2D eigenvalue weighted by Gasteiger charge is 2.24. The average molecular weight is 341 g/mol. The monoisotopic (exact) mass is 341 g/mol. The van der Waals surface area contributed by atoms with E-state index in [-0.39, 0.29) is 11.9 Å². The molecule has 2 aromatic rings. The molecular weight excluding hydrogens is 318 g/mol. The normalized spacial score (nSPS) is 19.5. The first kappa shape index (κ1) is 16.9. The van der Waals surface area contributed by atoms with Gasteiger partial charge < -0.3 is 4.90 Å². The minimum Gasteiger partial charge on any atom is -0.335 e. The van der Waals surface area contributed by atoms with Crippen LogP contribution in [0.4, 0.5) is 0 Å². The van der Waals surface area contributed by atoms with E-state index < -0.39 is 0 Å². The van der Waals surface area contributed by atoms with Gasteiger partial charge in [-0.25, -0.2) is 4.98 Å². The van der Waals surface area contributed by atoms with Crippen molar-refractivity contribution in [1.82, 2.24) is 14.8 Å². The van der Waals surface area contributed by atoms with Crippen molar-refractivity contribution in [3.63, 3.8) is 0 Å². The summed E-state index contributed by atoms with van der Waals surface area (Å²) < 4.78 is 0. The SMILES string of the molecule is CC1CN(Cc2ccccc2)CCCN1C(=O)C=Cc1cscn1. The summed E-state index contributed by atoms with van der Waals surface area (Å²) in [7, 11) is 0. The third-order valence-corrected chi connectivity index (χ3v) is 4.91. The van der Waals surface area contributed by atoms with Crippen molar-refractivity contribution in [3.05, 3.63) is 58.6 Å². The molecule has 5 heteroatoms. The summed E-state index contributed by atoms with van der Waals surface area (Å²) in [5.41, 5.74) is 3.95. The van der Waals surface area contributed by atoms with Crippen molar-refractivity contribution in [1.29, 1.82) is 0 Å². The van der Waals surface area contributed by atoms with Crippen LogP contribution in [0.15, 0.2) is 47.3 Å². The Hall–Kier alpha value is -1.98. The molecule has 0 radical (unpaired) electrons. The van der Waals surface area contributed by atoms with Crippen LogP contribution in [0.25, 0.3) is 6.08 Å². The smallest absolute Gasteiger partial charge is 0.246 e. The fraction of sp³-hybridized carbons (Fsp3) is 0.368. The second-order valence-corrected chi connectivity index (χ2v) is 6.92. The lowest BCUT2D eigenvalue weighted by Crippen LogP contribution is -2.41. The van der Waals surface area contributed by atoms with E-state index in [4.69, 9.17) is 0 Å². The quantitative estimate of drug-likeness (QED) is 0.801. The largest absolute Gasteiger partial charge is 0.335 e. The van der Waals surface area contributed by atoms with E-state index in [1.807, 2.05) is 16.3 Å². The maximum atomic E-state index is 12.5. The van der Waals surface area contributed by atoms with Gasteiger partial charge in [0.2, 0.25) is 5.91 Å². The zero-order valence-corrected chi connectivity index (χ0v) is 14.8. The lowest BCUT2D eigenvalue weighted by atomic mass is 10.2. The summed E-state index contributed by atoms with van der Waals surface area (Å²) in [6, 6.07) is 10.7. The van der Waals surface area contributed by atoms with Gasteiger partial charge >= 0.3 is 0 Å². The number of rotatable bonds is 4. The molecule has 2 heterocycles. The Balaban J connectivity index is 1.59. The van der Waals surface area contributed by atoms with E-state index in [0.29, 0.717) is 0 Å². The van der Waals surface area contributed by atoms with E-state index in [1.165, 1.54) is 16.9 Å². The Labute approximate surface area is 147 Å². The van der Waals surface area contributed by atoms with Crippen LogP contribution < -0.4 is 0 Å². The Kier molecular flexibility index (Phi) is 5.77. The molecule has 1 aromatic heterocycles. The van der Waals surface area contributed by atoms with E-state index >= 15 is 0 Å². The predicted octanol–water partition coefficient (Wildman–Crippen LogP) is 3.28. The van der Waals surface area contributed by atoms with Crippen molar-refractivity contribution < 1.29 is 4.79 Å². The van der Waals surface area contributed by atoms with Gasteiger partial charge in [-0.15, -0.1) is 11.3 Å². The lowest BCUT2D eigenvalue weighted by Gasteiger charge is -2.28. The summed E-state index contributed by atoms with van der Waals surface area (Å²) >= 11 is 1.54. The molecule has 1 aromatic carbocycles. The molecular formula is C19H23N3OS. The number of benzene rings is 1. The molecule has 0 bridgehead atoms. The standard InChI is InChI=1S/C19H23N3OS/c1-16-12-21(13-17-6-3-2-4-7-17)10-5-11-22(16)19(23)9-8-18-14-24-15-20-18/h2-4,6-9,14-16H,5,10-13H2,1H3. The molecule has 0 aliphatic carbocycles. The molecule has 0 saturated carbocycles. The van der Waals surface area contributed by atoms with E-state index in [1.54, 1.807) is 17.7 Å². The van der Waals surface area contributed by atoms with Gasteiger partial charge in [-0.05, 0) is 25.0 Å². The summed E-state index contributed by atoms with van der Waals surface area (Å²) in [6.07, 6.45) is 4.46. The molecule has 24 heavy (non-hydrogen) atoms. The van der Waals surface area contributed by atoms with E-state index in [9.17, 15) is 4.79 Å². The Morgan fingerprint density at radius 3 is 2.92 bits per heavy atom. The van der Waals surface area contributed by atoms with Gasteiger partial charge in [0, 0.05) is 43.7 Å². The molecule has 1 aliphatic heterocycles. The first-order valence-corrected chi connectivity index (χ1v) is 9.30. The minimum atomic E-state index is 0.0806. The zero-order valence-electron chi connectivity index (χ0n) is 14.0. The Morgan fingerprint density at radius 2 is 2.17 bits per heavy atom. The van der Waals surface area contributed by atoms with Crippen LogP contribution in [0.5, 0.6) is 0 Å². The highest BCUT2D eigenvalue weighted by molar-refractivity contribution is 7.07. The minimum absolute atomic E-state index is 0.0806. The number of hydrogen-bond donors (Lipinski definition) is 0. The van der Waals surface area contributed by atoms with Crippen molar-refractivity contribution >= 4 is 23.3 Å². The van der Waals surface area contributed by atoms with Crippen LogP contribution in [-0.4, -0.2) is 46.4 Å². The highest BCUT2D eigenvalue weighted by Crippen LogP contribution is 2.14. The third-order valence-electron chi connectivity index (χ3n) is 4.31. The van der Waals surface area contributed by atoms with Crippen LogP contribution >= 0.6 is 11.3 Å². The van der Waals surface area contributed by atoms with Crippen LogP contribution in [0, 0.1) is 0 Å². The second-order valence-electron chi connectivity index (χ2n) is 6.20. The molecule has 1 aliphatic rings. The molecule has 0 spiro atoms. The number of nitrogens with zero attached hydrogens (tertiary/aromatic N) is 3. The summed E-state index contributed by atoms with van der Waals surface area (Å²) in [4.78, 5) is 21.1. The van der Waals surface area contributed by atoms with Gasteiger partial charge in [0.25, 0.3) is 0 Å². The molecule has 1 atom stereocenters. The van der Waals surface area contributed by atoms with Gasteiger partial charge in [0.1, 0.15) is 0 Å². The molecule has 3 rings (SSSR count). The number of amides is 1. The third kappa shape index (κ3) is 4.52. The summed E-state index contributed by atoms with van der Waals surface area (Å²) in [5, 5.41) is 1.94. The number of carbonyl (C=O) groups is 1. The summed E-state index contributed by atoms with van der Waals surface area (Å²) in [6.45, 7) is 5.83. The van der Waals surface area contributed by atoms with Gasteiger partial charge in [0.15, 0.2) is 0 Å². The average Bonchev–Trinajstić information content (AvgIpc) is 3.04. The number of thiazole rings is 1. The fourth-order valence-corrected chi connectivity index (χ4v) is 3.64. The van der Waals surface area contributed by atoms with Crippen LogP contribution in [-0.2, 0) is 11.3 Å². The molecule has 1 saturated heterocycles. The Bertz CT molecular complexity index is 669. The van der Waals surface area contributed by atoms with E-state index in [0.717, 1.165) is 38.3 Å². The van der Waals surface area contributed by atoms with Crippen LogP contribution in [0.2, 0.25) is 0 Å². The topological polar surface area (TPSA) is 36.4 Å². The van der Waals surface area contributed by atoms with Gasteiger partial charge in [-0.3, -0.25) is 9.69 Å². The molecule has 1 fully saturated rings. The van der Waals surface area contributed by atoms with Gasteiger partial charge in [-0.2, -0.15) is 0 Å². The van der Waals surface area contributed by atoms with Crippen LogP contribution in [0.1, 0.15) is 24.6 Å². The van der Waals surface area contributed by atoms with Gasteiger partial charge in [-0.1, -0.05) is 30.3 Å². The van der Waals surface area contributed by atoms with Gasteiger partial charge in [0.05, 0.1) is 11.2 Å². The van der Waals surface area contributed by atoms with E-state index in [2.05, 4.69) is 41.1 Å². The second kappa shape index (κ2) is 8.22. The molecule has 1 unspecified atom stereocenters. The maximum absolute atomic E-state index is 12.5. The molecule has 1 amide bonds. The maximum Gasteiger partial charge on any atom is 0.246 e. The van der Waals surface area contributed by atoms with Crippen molar-refractivity contribution in [2.75, 3.05) is 19.6 Å². The molecule has 126 valence electrons. The first-order valence-electron chi connectivity index (χ1n) is 8.35. The van der Waals surface area contributed by atoms with Crippen molar-refractivity contribution in [2.24, 2.45) is 0 Å². The van der Waals surface area contributed by atoms with Crippen molar-refractivity contribution in [3.8, 4) is 0 Å². The fourth-order valence-electron chi connectivity index (χ4n) is 3.12. The van der Waals surface area contributed by atoms with Crippen LogP contribution in [0.3, 0.4) is 0 Å². The first-order chi connectivity index (χ1) is 11.7. The number of carbonyl (C=O) groups excluding carboxylic acids is 1. The molecule has 4 nitrogen and oxygen atoms in total. The van der Waals surface area contributed by atoms with Crippen molar-refractivity contribution in [2.45, 2.75) is 25.9 Å². The Morgan fingerprint density at radius 1 is 1.33 bits per heavy atom. The number of aromatic nitrogens is 1. The predicted molar refractivity (Wildman–Crippen MR) is 98.7 cm³/mol. The summed E-state index contributed by atoms with van der Waals surface area (Å²) in [5.74, 6) is 0.0806. The molecule has 0 N–H and O–H groups in total. The lowest BCUT2D eigenvalue weighted by molar-refractivity contribution is -0.127. The highest BCUT2D eigenvalue weighted by atomic mass is 32.1. The number of hydrogen-bond acceptors (Lipinski definition) is 4.